The fraction of sp³-hybridized carbons (Fsp3) is 0.450. The molecule has 2 aliphatic heterocycles. The zero-order valence-corrected chi connectivity index (χ0v) is 16.2. The third-order valence-corrected chi connectivity index (χ3v) is 4.80. The summed E-state index contributed by atoms with van der Waals surface area (Å²) in [4.78, 5) is 27.8. The number of carbonyl (C=O) groups excluding carboxylic acids is 2. The molecule has 1 aromatic carbocycles. The SMILES string of the molecule is CC(C)(C)OC(=O)N1Cc2nn(-c3ccc(N4CC[C@H](F)C4)cc3)cc2C1=O. The van der Waals surface area contributed by atoms with Crippen LogP contribution in [0.25, 0.3) is 5.69 Å². The number of nitrogens with zero attached hydrogens (tertiary/aromatic N) is 4. The summed E-state index contributed by atoms with van der Waals surface area (Å²) in [5.74, 6) is -0.404. The van der Waals surface area contributed by atoms with Crippen molar-refractivity contribution >= 4 is 17.7 Å². The number of fused-ring (bicyclic) bond motifs is 1. The van der Waals surface area contributed by atoms with Gasteiger partial charge in [-0.15, -0.1) is 0 Å². The number of rotatable bonds is 2. The van der Waals surface area contributed by atoms with Gasteiger partial charge in [0.2, 0.25) is 0 Å². The highest BCUT2D eigenvalue weighted by atomic mass is 19.1. The summed E-state index contributed by atoms with van der Waals surface area (Å²) < 4.78 is 20.3. The van der Waals surface area contributed by atoms with E-state index in [1.165, 1.54) is 0 Å². The molecule has 3 heterocycles. The molecule has 1 aromatic heterocycles. The lowest BCUT2D eigenvalue weighted by Crippen LogP contribution is -2.37. The number of aromatic nitrogens is 2. The minimum absolute atomic E-state index is 0.0971. The Bertz CT molecular complexity index is 917. The largest absolute Gasteiger partial charge is 0.443 e. The second-order valence-electron chi connectivity index (χ2n) is 8.15. The van der Waals surface area contributed by atoms with Crippen LogP contribution in [0.15, 0.2) is 30.5 Å². The van der Waals surface area contributed by atoms with Gasteiger partial charge in [0.15, 0.2) is 0 Å². The monoisotopic (exact) mass is 386 g/mol. The molecule has 2 aromatic rings. The second kappa shape index (κ2) is 6.61. The molecule has 1 saturated heterocycles. The predicted octanol–water partition coefficient (Wildman–Crippen LogP) is 3.31. The molecule has 0 spiro atoms. The number of imide groups is 1. The Kier molecular flexibility index (Phi) is 4.36. The van der Waals surface area contributed by atoms with E-state index in [2.05, 4.69) is 5.10 Å². The number of hydrogen-bond acceptors (Lipinski definition) is 5. The standard InChI is InChI=1S/C20H23FN4O3/c1-20(2,3)28-19(27)24-12-17-16(18(24)26)11-25(22-17)15-6-4-14(5-7-15)23-9-8-13(21)10-23/h4-7,11,13H,8-10,12H2,1-3H3/t13-/m0/s1. The first kappa shape index (κ1) is 18.5. The Balaban J connectivity index is 1.49. The van der Waals surface area contributed by atoms with Gasteiger partial charge >= 0.3 is 6.09 Å². The maximum atomic E-state index is 13.4. The van der Waals surface area contributed by atoms with Gasteiger partial charge in [-0.3, -0.25) is 4.79 Å². The molecule has 0 bridgehead atoms. The van der Waals surface area contributed by atoms with E-state index in [0.29, 0.717) is 30.8 Å². The molecule has 2 amide bonds. The van der Waals surface area contributed by atoms with Crippen LogP contribution in [0.2, 0.25) is 0 Å². The predicted molar refractivity (Wildman–Crippen MR) is 101 cm³/mol. The normalized spacial score (nSPS) is 19.3. The summed E-state index contributed by atoms with van der Waals surface area (Å²) in [6.45, 7) is 6.49. The van der Waals surface area contributed by atoms with E-state index in [1.807, 2.05) is 29.2 Å². The number of amides is 2. The summed E-state index contributed by atoms with van der Waals surface area (Å²) in [5, 5.41) is 4.45. The number of benzene rings is 1. The maximum absolute atomic E-state index is 13.4. The highest BCUT2D eigenvalue weighted by Crippen LogP contribution is 2.27. The number of hydrogen-bond donors (Lipinski definition) is 0. The lowest BCUT2D eigenvalue weighted by Gasteiger charge is -2.23. The summed E-state index contributed by atoms with van der Waals surface area (Å²) in [7, 11) is 0. The van der Waals surface area contributed by atoms with Gasteiger partial charge in [0.1, 0.15) is 11.8 Å². The maximum Gasteiger partial charge on any atom is 0.417 e. The van der Waals surface area contributed by atoms with Crippen molar-refractivity contribution in [1.29, 1.82) is 0 Å². The van der Waals surface area contributed by atoms with E-state index in [9.17, 15) is 14.0 Å². The van der Waals surface area contributed by atoms with Crippen molar-refractivity contribution in [2.75, 3.05) is 18.0 Å². The van der Waals surface area contributed by atoms with Crippen LogP contribution in [0.5, 0.6) is 0 Å². The Labute approximate surface area is 162 Å². The number of carbonyl (C=O) groups is 2. The molecule has 0 N–H and O–H groups in total. The molecule has 28 heavy (non-hydrogen) atoms. The van der Waals surface area contributed by atoms with Crippen LogP contribution < -0.4 is 4.90 Å². The first-order chi connectivity index (χ1) is 13.2. The highest BCUT2D eigenvalue weighted by molar-refractivity contribution is 6.06. The van der Waals surface area contributed by atoms with Crippen LogP contribution in [0.1, 0.15) is 43.2 Å². The molecular weight excluding hydrogens is 363 g/mol. The van der Waals surface area contributed by atoms with Crippen molar-refractivity contribution in [3.05, 3.63) is 41.7 Å². The second-order valence-corrected chi connectivity index (χ2v) is 8.15. The molecule has 0 saturated carbocycles. The first-order valence-electron chi connectivity index (χ1n) is 9.34. The van der Waals surface area contributed by atoms with Gasteiger partial charge in [0.25, 0.3) is 5.91 Å². The Morgan fingerprint density at radius 3 is 2.46 bits per heavy atom. The van der Waals surface area contributed by atoms with Crippen LogP contribution in [-0.4, -0.2) is 51.5 Å². The van der Waals surface area contributed by atoms with Crippen LogP contribution in [0, 0.1) is 0 Å². The number of ether oxygens (including phenoxy) is 1. The fourth-order valence-electron chi connectivity index (χ4n) is 3.44. The van der Waals surface area contributed by atoms with Gasteiger partial charge in [-0.05, 0) is 51.5 Å². The topological polar surface area (TPSA) is 67.7 Å². The van der Waals surface area contributed by atoms with E-state index in [-0.39, 0.29) is 6.54 Å². The van der Waals surface area contributed by atoms with Gasteiger partial charge in [-0.25, -0.2) is 18.8 Å². The third kappa shape index (κ3) is 3.46. The van der Waals surface area contributed by atoms with Crippen LogP contribution in [0.3, 0.4) is 0 Å². The first-order valence-corrected chi connectivity index (χ1v) is 9.34. The van der Waals surface area contributed by atoms with Crippen LogP contribution in [-0.2, 0) is 11.3 Å². The Morgan fingerprint density at radius 2 is 1.89 bits per heavy atom. The van der Waals surface area contributed by atoms with Gasteiger partial charge in [-0.2, -0.15) is 5.10 Å². The molecule has 2 aliphatic rings. The molecule has 4 rings (SSSR count). The third-order valence-electron chi connectivity index (χ3n) is 4.80. The molecule has 0 aliphatic carbocycles. The van der Waals surface area contributed by atoms with Crippen molar-refractivity contribution in [2.24, 2.45) is 0 Å². The lowest BCUT2D eigenvalue weighted by atomic mass is 10.2. The summed E-state index contributed by atoms with van der Waals surface area (Å²) in [6, 6.07) is 7.63. The van der Waals surface area contributed by atoms with Crippen molar-refractivity contribution in [3.63, 3.8) is 0 Å². The molecule has 8 heteroatoms. The van der Waals surface area contributed by atoms with E-state index in [0.717, 1.165) is 16.3 Å². The van der Waals surface area contributed by atoms with Gasteiger partial charge in [-0.1, -0.05) is 0 Å². The average molecular weight is 386 g/mol. The average Bonchev–Trinajstić information content (AvgIpc) is 3.30. The number of anilines is 1. The fourth-order valence-corrected chi connectivity index (χ4v) is 3.44. The summed E-state index contributed by atoms with van der Waals surface area (Å²) in [6.07, 6.45) is 0.754. The number of alkyl halides is 1. The van der Waals surface area contributed by atoms with E-state index < -0.39 is 23.8 Å². The van der Waals surface area contributed by atoms with E-state index in [1.54, 1.807) is 31.6 Å². The van der Waals surface area contributed by atoms with Gasteiger partial charge in [0, 0.05) is 25.0 Å². The van der Waals surface area contributed by atoms with Crippen molar-refractivity contribution in [3.8, 4) is 5.69 Å². The van der Waals surface area contributed by atoms with Crippen LogP contribution in [0.4, 0.5) is 14.9 Å². The van der Waals surface area contributed by atoms with Crippen molar-refractivity contribution in [2.45, 2.75) is 45.5 Å². The molecule has 0 unspecified atom stereocenters. The Morgan fingerprint density at radius 1 is 1.21 bits per heavy atom. The zero-order chi connectivity index (χ0) is 20.1. The van der Waals surface area contributed by atoms with Gasteiger partial charge in [0.05, 0.1) is 23.5 Å². The molecule has 0 radical (unpaired) electrons. The van der Waals surface area contributed by atoms with E-state index >= 15 is 0 Å². The molecule has 7 nitrogen and oxygen atoms in total. The van der Waals surface area contributed by atoms with E-state index in [4.69, 9.17) is 4.74 Å². The minimum Gasteiger partial charge on any atom is -0.443 e. The minimum atomic E-state index is -0.771. The zero-order valence-electron chi connectivity index (χ0n) is 16.2. The number of halogens is 1. The Hall–Kier alpha value is -2.90. The summed E-state index contributed by atoms with van der Waals surface area (Å²) in [5.41, 5.74) is 2.03. The van der Waals surface area contributed by atoms with Crippen molar-refractivity contribution in [1.82, 2.24) is 14.7 Å². The summed E-state index contributed by atoms with van der Waals surface area (Å²) >= 11 is 0. The quantitative estimate of drug-likeness (QED) is 0.792. The molecule has 1 atom stereocenters. The lowest BCUT2D eigenvalue weighted by molar-refractivity contribution is 0.0246. The molecule has 1 fully saturated rings. The molecule has 148 valence electrons. The van der Waals surface area contributed by atoms with Crippen LogP contribution >= 0.6 is 0 Å². The highest BCUT2D eigenvalue weighted by Gasteiger charge is 2.37. The molecular formula is C20H23FN4O3. The van der Waals surface area contributed by atoms with Crippen molar-refractivity contribution < 1.29 is 18.7 Å². The van der Waals surface area contributed by atoms with Gasteiger partial charge < -0.3 is 9.64 Å². The smallest absolute Gasteiger partial charge is 0.417 e.